The van der Waals surface area contributed by atoms with E-state index in [1.54, 1.807) is 5.92 Å². The predicted octanol–water partition coefficient (Wildman–Crippen LogP) is -0.0332. The van der Waals surface area contributed by atoms with Crippen molar-refractivity contribution in [2.24, 2.45) is 0 Å². The van der Waals surface area contributed by atoms with Crippen LogP contribution in [0.25, 0.3) is 0 Å². The quantitative estimate of drug-likeness (QED) is 0.379. The lowest BCUT2D eigenvalue weighted by molar-refractivity contribution is -0.136. The molecule has 0 unspecified atom stereocenters. The highest BCUT2D eigenvalue weighted by atomic mass is 16.4. The molecule has 0 fully saturated rings. The number of carbonyl (C=O) groups excluding carboxylic acids is 1. The van der Waals surface area contributed by atoms with E-state index in [0.29, 0.717) is 0 Å². The van der Waals surface area contributed by atoms with E-state index in [9.17, 15) is 9.90 Å². The van der Waals surface area contributed by atoms with Gasteiger partial charge in [0.1, 0.15) is 0 Å². The molecule has 0 aliphatic heterocycles. The van der Waals surface area contributed by atoms with Crippen molar-refractivity contribution in [2.45, 2.75) is 6.92 Å². The van der Waals surface area contributed by atoms with Crippen LogP contribution in [0.15, 0.2) is 0 Å². The van der Waals surface area contributed by atoms with Gasteiger partial charge in [0.05, 0.1) is 0 Å². The first kappa shape index (κ1) is 5.03. The third kappa shape index (κ3) is 3.03. The van der Waals surface area contributed by atoms with Gasteiger partial charge in [0.15, 0.2) is 0 Å². The topological polar surface area (TPSA) is 37.0 Å². The van der Waals surface area contributed by atoms with Crippen molar-refractivity contribution in [3.05, 3.63) is 0 Å². The van der Waals surface area contributed by atoms with E-state index in [0.717, 1.165) is 0 Å². The molecule has 0 N–H and O–H groups in total. The zero-order valence-electron chi connectivity index (χ0n) is 3.32. The Morgan fingerprint density at radius 1 is 1.67 bits per heavy atom. The van der Waals surface area contributed by atoms with Gasteiger partial charge < -0.3 is 0 Å². The molecule has 0 amide bonds. The zero-order chi connectivity index (χ0) is 4.99. The van der Waals surface area contributed by atoms with Crippen molar-refractivity contribution in [1.82, 2.24) is 0 Å². The highest BCUT2D eigenvalue weighted by Crippen LogP contribution is 1.53. The summed E-state index contributed by atoms with van der Waals surface area (Å²) in [5.41, 5.74) is 0. The second-order valence-corrected chi connectivity index (χ2v) is 0.662. The lowest BCUT2D eigenvalue weighted by Gasteiger charge is -1.56. The summed E-state index contributed by atoms with van der Waals surface area (Å²) in [4.78, 5) is 9.31. The Balaban J connectivity index is 3.50. The third-order valence-electron chi connectivity index (χ3n) is 0.227. The van der Waals surface area contributed by atoms with Gasteiger partial charge in [-0.2, -0.15) is 0 Å². The number of carbonyl (C=O) groups is 1. The van der Waals surface area contributed by atoms with Crippen LogP contribution in [0.2, 0.25) is 0 Å². The molecule has 0 saturated carbocycles. The number of rotatable bonds is 0. The van der Waals surface area contributed by atoms with E-state index < -0.39 is 5.97 Å². The molecule has 6 heavy (non-hydrogen) atoms. The maximum absolute atomic E-state index is 9.31. The monoisotopic (exact) mass is 83.0 g/mol. The summed E-state index contributed by atoms with van der Waals surface area (Å²) in [6.45, 7) is 1.44. The van der Waals surface area contributed by atoms with Crippen molar-refractivity contribution in [2.75, 3.05) is 0 Å². The van der Waals surface area contributed by atoms with Gasteiger partial charge in [-0.15, -0.1) is 0 Å². The summed E-state index contributed by atoms with van der Waals surface area (Å²) in [6, 6.07) is 0. The first-order chi connectivity index (χ1) is 2.77. The van der Waals surface area contributed by atoms with Gasteiger partial charge in [0, 0.05) is 5.92 Å². The van der Waals surface area contributed by atoms with Gasteiger partial charge in [0.2, 0.25) is 0 Å². The van der Waals surface area contributed by atoms with E-state index in [-0.39, 0.29) is 0 Å². The smallest absolute Gasteiger partial charge is 0.232 e. The molecule has 0 atom stereocenters. The molecule has 0 aromatic rings. The summed E-state index contributed by atoms with van der Waals surface area (Å²) in [5, 5.41) is 9.31. The second kappa shape index (κ2) is 2.28. The van der Waals surface area contributed by atoms with Crippen molar-refractivity contribution in [1.29, 1.82) is 0 Å². The van der Waals surface area contributed by atoms with Crippen molar-refractivity contribution >= 4 is 5.97 Å². The van der Waals surface area contributed by atoms with Crippen LogP contribution in [0, 0.1) is 11.8 Å². The van der Waals surface area contributed by atoms with Crippen LogP contribution in [-0.4, -0.2) is 5.97 Å². The summed E-state index contributed by atoms with van der Waals surface area (Å²) in [7, 11) is 0. The van der Waals surface area contributed by atoms with Gasteiger partial charge in [-0.25, -0.2) is 9.90 Å². The largest absolute Gasteiger partial charge is 0.429 e. The molecular formula is C4H3O2. The summed E-state index contributed by atoms with van der Waals surface area (Å²) >= 11 is 0. The molecule has 1 radical (unpaired) electrons. The fourth-order valence-corrected chi connectivity index (χ4v) is 0.102. The molecule has 0 aromatic carbocycles. The standard InChI is InChI=1S/C4H3O2/c1-2-3-4(5)6/h1H3. The molecular weight excluding hydrogens is 80.0 g/mol. The fourth-order valence-electron chi connectivity index (χ4n) is 0.102. The minimum absolute atomic E-state index is 1.32. The molecule has 0 saturated heterocycles. The van der Waals surface area contributed by atoms with Gasteiger partial charge in [0.25, 0.3) is 0 Å². The second-order valence-electron chi connectivity index (χ2n) is 0.662. The Hall–Kier alpha value is -0.970. The average molecular weight is 83.1 g/mol. The average Bonchev–Trinajstić information content (AvgIpc) is 1.35. The minimum Gasteiger partial charge on any atom is -0.232 e. The van der Waals surface area contributed by atoms with Crippen LogP contribution in [0.3, 0.4) is 0 Å². The highest BCUT2D eigenvalue weighted by Gasteiger charge is 1.81. The maximum atomic E-state index is 9.31. The van der Waals surface area contributed by atoms with Crippen LogP contribution in [0.4, 0.5) is 0 Å². The van der Waals surface area contributed by atoms with E-state index in [2.05, 4.69) is 5.92 Å². The predicted molar refractivity (Wildman–Crippen MR) is 19.1 cm³/mol. The Kier molecular flexibility index (Phi) is 1.91. The summed E-state index contributed by atoms with van der Waals surface area (Å²) in [5.74, 6) is 2.60. The maximum Gasteiger partial charge on any atom is 0.429 e. The van der Waals surface area contributed by atoms with Gasteiger partial charge in [-0.05, 0) is 6.92 Å². The molecule has 0 heterocycles. The molecule has 0 rings (SSSR count). The molecule has 0 aliphatic rings. The van der Waals surface area contributed by atoms with Gasteiger partial charge in [-0.3, -0.25) is 0 Å². The molecule has 0 bridgehead atoms. The first-order valence-electron chi connectivity index (χ1n) is 1.41. The highest BCUT2D eigenvalue weighted by molar-refractivity contribution is 5.85. The molecule has 0 aliphatic carbocycles. The first-order valence-corrected chi connectivity index (χ1v) is 1.41. The summed E-state index contributed by atoms with van der Waals surface area (Å²) < 4.78 is 0. The molecule has 2 nitrogen and oxygen atoms in total. The van der Waals surface area contributed by atoms with Crippen LogP contribution < -0.4 is 0 Å². The third-order valence-corrected chi connectivity index (χ3v) is 0.227. The van der Waals surface area contributed by atoms with Crippen molar-refractivity contribution in [3.8, 4) is 11.8 Å². The lowest BCUT2D eigenvalue weighted by atomic mass is 10.6. The fraction of sp³-hybridized carbons (Fsp3) is 0.250. The normalized spacial score (nSPS) is 5.50. The van der Waals surface area contributed by atoms with Gasteiger partial charge >= 0.3 is 5.97 Å². The molecule has 0 spiro atoms. The van der Waals surface area contributed by atoms with Crippen molar-refractivity contribution < 1.29 is 9.90 Å². The van der Waals surface area contributed by atoms with Crippen molar-refractivity contribution in [3.63, 3.8) is 0 Å². The number of hydrogen-bond acceptors (Lipinski definition) is 1. The lowest BCUT2D eigenvalue weighted by Crippen LogP contribution is -1.81. The molecule has 2 heteroatoms. The zero-order valence-corrected chi connectivity index (χ0v) is 3.32. The van der Waals surface area contributed by atoms with E-state index in [4.69, 9.17) is 0 Å². The Bertz CT molecular complexity index is 104. The number of hydrogen-bond donors (Lipinski definition) is 0. The van der Waals surface area contributed by atoms with Crippen LogP contribution in [-0.2, 0) is 9.90 Å². The van der Waals surface area contributed by atoms with E-state index >= 15 is 0 Å². The molecule has 0 aromatic heterocycles. The Morgan fingerprint density at radius 2 is 2.17 bits per heavy atom. The van der Waals surface area contributed by atoms with Crippen LogP contribution in [0.5, 0.6) is 0 Å². The van der Waals surface area contributed by atoms with Crippen LogP contribution >= 0.6 is 0 Å². The van der Waals surface area contributed by atoms with E-state index in [1.165, 1.54) is 6.92 Å². The Morgan fingerprint density at radius 3 is 2.17 bits per heavy atom. The Labute approximate surface area is 35.8 Å². The summed E-state index contributed by atoms with van der Waals surface area (Å²) in [6.07, 6.45) is 0. The van der Waals surface area contributed by atoms with Gasteiger partial charge in [-0.1, -0.05) is 5.92 Å². The van der Waals surface area contributed by atoms with E-state index in [1.807, 2.05) is 0 Å². The molecule has 31 valence electrons. The minimum atomic E-state index is -1.32. The SMILES string of the molecule is CC#CC([O])=O. The van der Waals surface area contributed by atoms with Crippen LogP contribution in [0.1, 0.15) is 6.92 Å².